The molecular formula is C24H42O2S. The van der Waals surface area contributed by atoms with Crippen molar-refractivity contribution < 1.29 is 9.84 Å². The van der Waals surface area contributed by atoms with E-state index in [9.17, 15) is 0 Å². The molecule has 0 saturated heterocycles. The molecule has 1 aromatic rings. The first-order valence-electron chi connectivity index (χ1n) is 10.9. The van der Waals surface area contributed by atoms with Crippen LogP contribution in [0, 0.1) is 5.92 Å². The highest BCUT2D eigenvalue weighted by atomic mass is 32.1. The van der Waals surface area contributed by atoms with Gasteiger partial charge < -0.3 is 9.84 Å². The predicted molar refractivity (Wildman–Crippen MR) is 122 cm³/mol. The molecule has 0 radical (unpaired) electrons. The number of aliphatic hydroxyl groups is 1. The van der Waals surface area contributed by atoms with E-state index in [0.717, 1.165) is 12.3 Å². The Bertz CT molecular complexity index is 461. The van der Waals surface area contributed by atoms with Crippen LogP contribution in [0.3, 0.4) is 0 Å². The highest BCUT2D eigenvalue weighted by Crippen LogP contribution is 2.24. The number of rotatable bonds is 12. The van der Waals surface area contributed by atoms with Crippen molar-refractivity contribution in [3.05, 3.63) is 35.9 Å². The number of unbranched alkanes of at least 4 members (excludes halogenated alkanes) is 2. The van der Waals surface area contributed by atoms with Crippen molar-refractivity contribution in [2.45, 2.75) is 105 Å². The van der Waals surface area contributed by atoms with Gasteiger partial charge in [0.05, 0.1) is 0 Å². The lowest BCUT2D eigenvalue weighted by atomic mass is 9.90. The fourth-order valence-corrected chi connectivity index (χ4v) is 3.02. The third-order valence-corrected chi connectivity index (χ3v) is 5.24. The molecule has 3 heteroatoms. The third kappa shape index (κ3) is 14.8. The summed E-state index contributed by atoms with van der Waals surface area (Å²) in [5, 5.41) is 9.53. The van der Waals surface area contributed by atoms with Crippen molar-refractivity contribution in [2.75, 3.05) is 0 Å². The Labute approximate surface area is 173 Å². The molecule has 0 aliphatic rings. The average Bonchev–Trinajstić information content (AvgIpc) is 2.67. The smallest absolute Gasteiger partial charge is 0.198 e. The number of hydrogen-bond donors (Lipinski definition) is 1. The summed E-state index contributed by atoms with van der Waals surface area (Å²) in [4.78, 5) is 0. The first-order valence-corrected chi connectivity index (χ1v) is 11.3. The summed E-state index contributed by atoms with van der Waals surface area (Å²) in [7, 11) is 0. The van der Waals surface area contributed by atoms with Gasteiger partial charge in [0.2, 0.25) is 0 Å². The first kappa shape index (κ1) is 26.1. The van der Waals surface area contributed by atoms with Crippen LogP contribution >= 0.6 is 12.2 Å². The lowest BCUT2D eigenvalue weighted by Gasteiger charge is -2.15. The zero-order valence-corrected chi connectivity index (χ0v) is 19.1. The molecule has 0 fully saturated rings. The topological polar surface area (TPSA) is 29.5 Å². The Kier molecular flexibility index (Phi) is 16.6. The van der Waals surface area contributed by atoms with Crippen LogP contribution in [-0.2, 0) is 4.74 Å². The predicted octanol–water partition coefficient (Wildman–Crippen LogP) is 7.65. The Morgan fingerprint density at radius 1 is 0.926 bits per heavy atom. The minimum absolute atomic E-state index is 0.487. The molecule has 1 rings (SSSR count). The quantitative estimate of drug-likeness (QED) is 0.224. The number of ether oxygens (including phenoxy) is 1. The van der Waals surface area contributed by atoms with Crippen LogP contribution in [0.4, 0.5) is 0 Å². The van der Waals surface area contributed by atoms with Crippen molar-refractivity contribution in [1.82, 2.24) is 0 Å². The van der Waals surface area contributed by atoms with Gasteiger partial charge in [0, 0.05) is 12.8 Å². The van der Waals surface area contributed by atoms with E-state index in [0.29, 0.717) is 23.8 Å². The molecule has 3 unspecified atom stereocenters. The monoisotopic (exact) mass is 394 g/mol. The molecule has 3 atom stereocenters. The van der Waals surface area contributed by atoms with Gasteiger partial charge in [-0.25, -0.2) is 0 Å². The molecule has 0 aliphatic heterocycles. The summed E-state index contributed by atoms with van der Waals surface area (Å²) in [5.74, 6) is 1.61. The summed E-state index contributed by atoms with van der Waals surface area (Å²) in [6, 6.07) is 10.9. The maximum atomic E-state index is 9.04. The van der Waals surface area contributed by atoms with Crippen molar-refractivity contribution >= 4 is 17.3 Å². The first-order chi connectivity index (χ1) is 12.9. The summed E-state index contributed by atoms with van der Waals surface area (Å²) in [5.41, 5.74) is 1.49. The van der Waals surface area contributed by atoms with E-state index in [1.54, 1.807) is 0 Å². The number of benzene rings is 1. The molecule has 1 N–H and O–H groups in total. The molecule has 0 aliphatic carbocycles. The van der Waals surface area contributed by atoms with Gasteiger partial charge in [-0.05, 0) is 36.0 Å². The molecular weight excluding hydrogens is 352 g/mol. The minimum atomic E-state index is -0.697. The van der Waals surface area contributed by atoms with E-state index in [1.807, 2.05) is 13.8 Å². The summed E-state index contributed by atoms with van der Waals surface area (Å²) in [6.07, 6.45) is 9.83. The molecule has 0 saturated carbocycles. The Hall–Kier alpha value is -0.930. The van der Waals surface area contributed by atoms with E-state index in [-0.39, 0.29) is 0 Å². The number of thiocarbonyl (C=S) groups is 1. The van der Waals surface area contributed by atoms with Crippen LogP contribution in [0.25, 0.3) is 0 Å². The molecule has 0 amide bonds. The molecule has 156 valence electrons. The van der Waals surface area contributed by atoms with Gasteiger partial charge in [0.15, 0.2) is 11.3 Å². The lowest BCUT2D eigenvalue weighted by Crippen LogP contribution is -2.14. The second-order valence-corrected chi connectivity index (χ2v) is 8.03. The van der Waals surface area contributed by atoms with E-state index in [1.165, 1.54) is 44.1 Å². The van der Waals surface area contributed by atoms with E-state index >= 15 is 0 Å². The Balaban J connectivity index is 0.000000580. The fraction of sp³-hybridized carbons (Fsp3) is 0.708. The molecule has 0 spiro atoms. The van der Waals surface area contributed by atoms with Crippen LogP contribution in [0.15, 0.2) is 30.3 Å². The third-order valence-electron chi connectivity index (χ3n) is 4.85. The standard InChI is InChI=1S/C17H28.C7H14O2S/c1-4-5-7-10-15(2)13-14-16(3)17-11-8-6-9-12-17;1-3-5-6(8)9-7(10)4-2/h6,8-9,11-12,15-16H,4-5,7,10,13-14H2,1-3H3;6,8H,3-5H2,1-2H3. The van der Waals surface area contributed by atoms with Crippen LogP contribution in [-0.4, -0.2) is 16.4 Å². The molecule has 0 bridgehead atoms. The van der Waals surface area contributed by atoms with Gasteiger partial charge in [0.25, 0.3) is 0 Å². The normalized spacial score (nSPS) is 13.9. The van der Waals surface area contributed by atoms with Crippen LogP contribution < -0.4 is 0 Å². The van der Waals surface area contributed by atoms with Gasteiger partial charge in [0.1, 0.15) is 0 Å². The lowest BCUT2D eigenvalue weighted by molar-refractivity contribution is -0.0324. The molecule has 27 heavy (non-hydrogen) atoms. The molecule has 0 aromatic heterocycles. The number of hydrogen-bond acceptors (Lipinski definition) is 3. The van der Waals surface area contributed by atoms with Crippen molar-refractivity contribution in [3.63, 3.8) is 0 Å². The van der Waals surface area contributed by atoms with Crippen LogP contribution in [0.5, 0.6) is 0 Å². The Morgan fingerprint density at radius 2 is 1.59 bits per heavy atom. The van der Waals surface area contributed by atoms with Gasteiger partial charge in [-0.2, -0.15) is 0 Å². The van der Waals surface area contributed by atoms with Gasteiger partial charge in [-0.1, -0.05) is 103 Å². The highest BCUT2D eigenvalue weighted by Gasteiger charge is 2.08. The van der Waals surface area contributed by atoms with E-state index in [2.05, 4.69) is 51.1 Å². The molecule has 1 aromatic carbocycles. The second-order valence-electron chi connectivity index (χ2n) is 7.58. The zero-order chi connectivity index (χ0) is 20.5. The SMILES string of the molecule is CCCC(O)OC(=S)CC.CCCCCC(C)CCC(C)c1ccccc1. The fourth-order valence-electron chi connectivity index (χ4n) is 2.91. The maximum absolute atomic E-state index is 9.04. The second kappa shape index (κ2) is 17.2. The zero-order valence-electron chi connectivity index (χ0n) is 18.2. The Morgan fingerprint density at radius 3 is 2.15 bits per heavy atom. The summed E-state index contributed by atoms with van der Waals surface area (Å²) in [6.45, 7) is 10.9. The van der Waals surface area contributed by atoms with Crippen molar-refractivity contribution in [2.24, 2.45) is 5.92 Å². The van der Waals surface area contributed by atoms with Gasteiger partial charge >= 0.3 is 0 Å². The molecule has 2 nitrogen and oxygen atoms in total. The summed E-state index contributed by atoms with van der Waals surface area (Å²) < 4.78 is 4.93. The number of aliphatic hydroxyl groups excluding tert-OH is 1. The van der Waals surface area contributed by atoms with Crippen LogP contribution in [0.1, 0.15) is 104 Å². The van der Waals surface area contributed by atoms with Gasteiger partial charge in [-0.3, -0.25) is 0 Å². The van der Waals surface area contributed by atoms with Crippen molar-refractivity contribution in [3.8, 4) is 0 Å². The van der Waals surface area contributed by atoms with Crippen LogP contribution in [0.2, 0.25) is 0 Å². The highest BCUT2D eigenvalue weighted by molar-refractivity contribution is 7.80. The van der Waals surface area contributed by atoms with E-state index < -0.39 is 6.29 Å². The van der Waals surface area contributed by atoms with Crippen molar-refractivity contribution in [1.29, 1.82) is 0 Å². The molecule has 0 heterocycles. The largest absolute Gasteiger partial charge is 0.459 e. The van der Waals surface area contributed by atoms with Gasteiger partial charge in [-0.15, -0.1) is 0 Å². The maximum Gasteiger partial charge on any atom is 0.198 e. The summed E-state index contributed by atoms with van der Waals surface area (Å²) >= 11 is 4.76. The van der Waals surface area contributed by atoms with E-state index in [4.69, 9.17) is 22.1 Å². The minimum Gasteiger partial charge on any atom is -0.459 e. The average molecular weight is 395 g/mol.